The molecule has 0 radical (unpaired) electrons. The van der Waals surface area contributed by atoms with Crippen LogP contribution in [-0.2, 0) is 0 Å². The molecule has 2 aromatic carbocycles. The van der Waals surface area contributed by atoms with Crippen molar-refractivity contribution in [2.75, 3.05) is 5.73 Å². The van der Waals surface area contributed by atoms with Crippen molar-refractivity contribution in [3.05, 3.63) is 78.3 Å². The molecule has 0 aliphatic heterocycles. The molecule has 0 aliphatic rings. The number of nitrogens with two attached hydrogens (primary N) is 1. The fourth-order valence-corrected chi connectivity index (χ4v) is 4.01. The van der Waals surface area contributed by atoms with Crippen LogP contribution in [0.2, 0.25) is 0 Å². The molecule has 32 heavy (non-hydrogen) atoms. The Balaban J connectivity index is 1.60. The fraction of sp³-hybridized carbons (Fsp3) is 0.167. The molecule has 0 aliphatic carbocycles. The van der Waals surface area contributed by atoms with Crippen molar-refractivity contribution >= 4 is 16.9 Å². The molecule has 0 saturated carbocycles. The predicted octanol–water partition coefficient (Wildman–Crippen LogP) is 5.08. The number of fused-ring (bicyclic) bond motifs is 1. The van der Waals surface area contributed by atoms with Gasteiger partial charge < -0.3 is 19.6 Å². The van der Waals surface area contributed by atoms with Gasteiger partial charge in [-0.25, -0.2) is 9.97 Å². The second kappa shape index (κ2) is 7.81. The zero-order chi connectivity index (χ0) is 22.2. The smallest absolute Gasteiger partial charge is 0.223 e. The van der Waals surface area contributed by atoms with Gasteiger partial charge in [-0.1, -0.05) is 35.5 Å². The third kappa shape index (κ3) is 3.35. The van der Waals surface area contributed by atoms with Crippen molar-refractivity contribution in [2.24, 2.45) is 0 Å². The predicted molar refractivity (Wildman–Crippen MR) is 121 cm³/mol. The minimum atomic E-state index is -0.196. The Kier molecular flexibility index (Phi) is 4.82. The lowest BCUT2D eigenvalue weighted by atomic mass is 10.0. The Morgan fingerprint density at radius 1 is 0.969 bits per heavy atom. The summed E-state index contributed by atoms with van der Waals surface area (Å²) in [6, 6.07) is 17.4. The zero-order valence-corrected chi connectivity index (χ0v) is 18.0. The summed E-state index contributed by atoms with van der Waals surface area (Å²) >= 11 is 0. The quantitative estimate of drug-likeness (QED) is 0.418. The van der Waals surface area contributed by atoms with E-state index in [2.05, 4.69) is 24.7 Å². The summed E-state index contributed by atoms with van der Waals surface area (Å²) in [5.41, 5.74) is 9.98. The van der Waals surface area contributed by atoms with Gasteiger partial charge in [0.1, 0.15) is 29.3 Å². The van der Waals surface area contributed by atoms with Crippen LogP contribution in [0, 0.1) is 13.8 Å². The number of benzene rings is 2. The first kappa shape index (κ1) is 19.7. The number of hydrogen-bond acceptors (Lipinski definition) is 7. The van der Waals surface area contributed by atoms with E-state index in [9.17, 15) is 0 Å². The third-order valence-corrected chi connectivity index (χ3v) is 5.48. The number of ether oxygens (including phenoxy) is 1. The van der Waals surface area contributed by atoms with Crippen LogP contribution in [0.5, 0.6) is 11.5 Å². The Morgan fingerprint density at radius 3 is 2.38 bits per heavy atom. The first-order valence-electron chi connectivity index (χ1n) is 10.3. The molecule has 0 fully saturated rings. The summed E-state index contributed by atoms with van der Waals surface area (Å²) in [5.74, 6) is 3.06. The Labute approximate surface area is 184 Å². The summed E-state index contributed by atoms with van der Waals surface area (Å²) in [6.07, 6.45) is 1.47. The Bertz CT molecular complexity index is 1390. The Hall–Kier alpha value is -4.20. The molecule has 1 atom stereocenters. The van der Waals surface area contributed by atoms with E-state index in [0.717, 1.165) is 39.4 Å². The summed E-state index contributed by atoms with van der Waals surface area (Å²) < 4.78 is 13.2. The van der Waals surface area contributed by atoms with Crippen molar-refractivity contribution < 1.29 is 9.26 Å². The normalized spacial score (nSPS) is 12.2. The summed E-state index contributed by atoms with van der Waals surface area (Å²) in [6.45, 7) is 5.82. The van der Waals surface area contributed by atoms with Gasteiger partial charge in [-0.3, -0.25) is 0 Å². The van der Waals surface area contributed by atoms with Crippen LogP contribution in [0.3, 0.4) is 0 Å². The lowest BCUT2D eigenvalue weighted by Gasteiger charge is -2.14. The highest BCUT2D eigenvalue weighted by Gasteiger charge is 2.25. The number of aromatic nitrogens is 5. The van der Waals surface area contributed by atoms with Gasteiger partial charge >= 0.3 is 0 Å². The van der Waals surface area contributed by atoms with Crippen LogP contribution >= 0.6 is 0 Å². The summed E-state index contributed by atoms with van der Waals surface area (Å²) in [7, 11) is 0. The number of anilines is 1. The average molecular weight is 426 g/mol. The van der Waals surface area contributed by atoms with E-state index in [1.807, 2.05) is 68.4 Å². The topological polar surface area (TPSA) is 105 Å². The fourth-order valence-electron chi connectivity index (χ4n) is 4.01. The van der Waals surface area contributed by atoms with E-state index in [-0.39, 0.29) is 6.04 Å². The van der Waals surface area contributed by atoms with Crippen molar-refractivity contribution in [3.8, 4) is 22.6 Å². The second-order valence-electron chi connectivity index (χ2n) is 7.57. The molecule has 8 heteroatoms. The van der Waals surface area contributed by atoms with Gasteiger partial charge in [0.15, 0.2) is 5.82 Å². The molecule has 2 N–H and O–H groups in total. The number of nitrogens with zero attached hydrogens (tertiary/aromatic N) is 5. The molecule has 5 rings (SSSR count). The molecular formula is C24H22N6O2. The van der Waals surface area contributed by atoms with Crippen LogP contribution in [0.15, 0.2) is 65.4 Å². The van der Waals surface area contributed by atoms with Crippen molar-refractivity contribution in [3.63, 3.8) is 0 Å². The van der Waals surface area contributed by atoms with Crippen LogP contribution in [0.4, 0.5) is 5.82 Å². The van der Waals surface area contributed by atoms with E-state index in [0.29, 0.717) is 17.5 Å². The average Bonchev–Trinajstić information content (AvgIpc) is 3.36. The molecule has 0 saturated heterocycles. The SMILES string of the molecule is Cc1nc(C(C)n2c(C)c(-c3ccc(Oc4ccccc4)cc3)c3c(N)ncnc32)no1. The first-order chi connectivity index (χ1) is 15.5. The van der Waals surface area contributed by atoms with Crippen LogP contribution in [0.1, 0.15) is 30.4 Å². The Morgan fingerprint density at radius 2 is 1.69 bits per heavy atom. The van der Waals surface area contributed by atoms with Gasteiger partial charge in [0.2, 0.25) is 5.89 Å². The second-order valence-corrected chi connectivity index (χ2v) is 7.57. The van der Waals surface area contributed by atoms with E-state index in [4.69, 9.17) is 15.0 Å². The molecule has 1 unspecified atom stereocenters. The van der Waals surface area contributed by atoms with E-state index >= 15 is 0 Å². The van der Waals surface area contributed by atoms with Crippen molar-refractivity contribution in [2.45, 2.75) is 26.8 Å². The van der Waals surface area contributed by atoms with Crippen LogP contribution in [0.25, 0.3) is 22.2 Å². The number of aryl methyl sites for hydroxylation is 1. The number of hydrogen-bond donors (Lipinski definition) is 1. The first-order valence-corrected chi connectivity index (χ1v) is 10.3. The van der Waals surface area contributed by atoms with E-state index < -0.39 is 0 Å². The standard InChI is InChI=1S/C24H22N6O2/c1-14-20(17-9-11-19(12-10-17)31-18-7-5-4-6-8-18)21-22(25)26-13-27-24(21)30(14)15(2)23-28-16(3)32-29-23/h4-13,15H,1-3H3,(H2,25,26,27). The van der Waals surface area contributed by atoms with Gasteiger partial charge in [-0.15, -0.1) is 0 Å². The van der Waals surface area contributed by atoms with Crippen LogP contribution in [-0.4, -0.2) is 24.7 Å². The lowest BCUT2D eigenvalue weighted by Crippen LogP contribution is -2.11. The summed E-state index contributed by atoms with van der Waals surface area (Å²) in [5, 5.41) is 4.90. The maximum Gasteiger partial charge on any atom is 0.223 e. The molecule has 160 valence electrons. The van der Waals surface area contributed by atoms with Gasteiger partial charge in [-0.2, -0.15) is 4.98 Å². The number of nitrogen functional groups attached to an aromatic ring is 1. The molecular weight excluding hydrogens is 404 g/mol. The van der Waals surface area contributed by atoms with Gasteiger partial charge in [-0.05, 0) is 43.7 Å². The molecule has 0 spiro atoms. The number of para-hydroxylation sites is 1. The van der Waals surface area contributed by atoms with Gasteiger partial charge in [0.05, 0.1) is 11.4 Å². The highest BCUT2D eigenvalue weighted by Crippen LogP contribution is 2.39. The molecule has 5 aromatic rings. The summed E-state index contributed by atoms with van der Waals surface area (Å²) in [4.78, 5) is 13.2. The maximum absolute atomic E-state index is 6.31. The lowest BCUT2D eigenvalue weighted by molar-refractivity contribution is 0.381. The van der Waals surface area contributed by atoms with Gasteiger partial charge in [0, 0.05) is 18.2 Å². The number of rotatable bonds is 5. The highest BCUT2D eigenvalue weighted by molar-refractivity contribution is 6.02. The minimum absolute atomic E-state index is 0.196. The van der Waals surface area contributed by atoms with E-state index in [1.54, 1.807) is 6.92 Å². The zero-order valence-electron chi connectivity index (χ0n) is 18.0. The molecule has 8 nitrogen and oxygen atoms in total. The monoisotopic (exact) mass is 426 g/mol. The highest BCUT2D eigenvalue weighted by atomic mass is 16.5. The van der Waals surface area contributed by atoms with Crippen molar-refractivity contribution in [1.29, 1.82) is 0 Å². The molecule has 0 amide bonds. The molecule has 3 aromatic heterocycles. The van der Waals surface area contributed by atoms with Crippen LogP contribution < -0.4 is 10.5 Å². The molecule has 3 heterocycles. The van der Waals surface area contributed by atoms with E-state index in [1.165, 1.54) is 6.33 Å². The largest absolute Gasteiger partial charge is 0.457 e. The van der Waals surface area contributed by atoms with Gasteiger partial charge in [0.25, 0.3) is 0 Å². The maximum atomic E-state index is 6.31. The molecule has 0 bridgehead atoms. The third-order valence-electron chi connectivity index (χ3n) is 5.48. The minimum Gasteiger partial charge on any atom is -0.457 e. The van der Waals surface area contributed by atoms with Crippen molar-refractivity contribution in [1.82, 2.24) is 24.7 Å².